The van der Waals surface area contributed by atoms with Crippen LogP contribution in [0.4, 0.5) is 0 Å². The molecule has 0 unspecified atom stereocenters. The van der Waals surface area contributed by atoms with Crippen molar-refractivity contribution in [1.82, 2.24) is 9.80 Å². The van der Waals surface area contributed by atoms with Crippen molar-refractivity contribution < 1.29 is 18.9 Å². The standard InChI is InChI=1S/C17H23BN2O4/c1-19(2)16(21)14-15(17(22)20(3)4)24-18(23-14)13-10-12(13)11-8-6-5-7-9-11/h5-9,12-15H,10H2,1-4H3/t12-,13-,14+,15+/m0/s1. The number of hydrogen-bond donors (Lipinski definition) is 0. The number of likely N-dealkylation sites (N-methyl/N-ethyl adjacent to an activating group) is 2. The van der Waals surface area contributed by atoms with Gasteiger partial charge in [-0.3, -0.25) is 9.59 Å². The molecule has 2 fully saturated rings. The zero-order chi connectivity index (χ0) is 17.4. The monoisotopic (exact) mass is 330 g/mol. The maximum Gasteiger partial charge on any atom is 0.462 e. The Labute approximate surface area is 142 Å². The first-order valence-corrected chi connectivity index (χ1v) is 8.18. The van der Waals surface area contributed by atoms with Crippen molar-refractivity contribution in [2.75, 3.05) is 28.2 Å². The Hall–Kier alpha value is -1.86. The van der Waals surface area contributed by atoms with Gasteiger partial charge in [0.25, 0.3) is 11.8 Å². The maximum absolute atomic E-state index is 12.4. The zero-order valence-electron chi connectivity index (χ0n) is 14.5. The van der Waals surface area contributed by atoms with Crippen LogP contribution in [0.2, 0.25) is 5.82 Å². The summed E-state index contributed by atoms with van der Waals surface area (Å²) < 4.78 is 11.8. The van der Waals surface area contributed by atoms with Crippen LogP contribution < -0.4 is 0 Å². The number of rotatable bonds is 4. The van der Waals surface area contributed by atoms with E-state index in [9.17, 15) is 9.59 Å². The van der Waals surface area contributed by atoms with Gasteiger partial charge in [-0.2, -0.15) is 0 Å². The molecule has 1 saturated heterocycles. The molecule has 3 rings (SSSR count). The molecular formula is C17H23BN2O4. The average molecular weight is 330 g/mol. The van der Waals surface area contributed by atoms with Crippen molar-refractivity contribution in [3.63, 3.8) is 0 Å². The van der Waals surface area contributed by atoms with Crippen LogP contribution in [0.5, 0.6) is 0 Å². The Morgan fingerprint density at radius 3 is 1.92 bits per heavy atom. The zero-order valence-corrected chi connectivity index (χ0v) is 14.5. The van der Waals surface area contributed by atoms with E-state index < -0.39 is 19.3 Å². The van der Waals surface area contributed by atoms with Crippen LogP contribution >= 0.6 is 0 Å². The fourth-order valence-electron chi connectivity index (χ4n) is 3.15. The second-order valence-corrected chi connectivity index (χ2v) is 6.86. The van der Waals surface area contributed by atoms with Gasteiger partial charge in [0.1, 0.15) is 0 Å². The quantitative estimate of drug-likeness (QED) is 0.773. The summed E-state index contributed by atoms with van der Waals surface area (Å²) in [7, 11) is 6.10. The molecule has 1 heterocycles. The molecule has 0 aromatic heterocycles. The third-order valence-corrected chi connectivity index (χ3v) is 4.62. The minimum Gasteiger partial charge on any atom is -0.396 e. The van der Waals surface area contributed by atoms with Crippen LogP contribution in [-0.4, -0.2) is 69.1 Å². The second-order valence-electron chi connectivity index (χ2n) is 6.86. The third-order valence-electron chi connectivity index (χ3n) is 4.62. The van der Waals surface area contributed by atoms with Gasteiger partial charge in [0.2, 0.25) is 0 Å². The van der Waals surface area contributed by atoms with Crippen molar-refractivity contribution in [1.29, 1.82) is 0 Å². The van der Waals surface area contributed by atoms with Gasteiger partial charge >= 0.3 is 7.12 Å². The molecule has 6 nitrogen and oxygen atoms in total. The van der Waals surface area contributed by atoms with E-state index >= 15 is 0 Å². The molecule has 1 aliphatic heterocycles. The third kappa shape index (κ3) is 3.19. The first kappa shape index (κ1) is 17.0. The van der Waals surface area contributed by atoms with E-state index in [1.165, 1.54) is 15.4 Å². The molecule has 0 N–H and O–H groups in total. The summed E-state index contributed by atoms with van der Waals surface area (Å²) in [6, 6.07) is 10.2. The van der Waals surface area contributed by atoms with Crippen molar-refractivity contribution in [2.45, 2.75) is 30.4 Å². The highest BCUT2D eigenvalue weighted by molar-refractivity contribution is 6.49. The summed E-state index contributed by atoms with van der Waals surface area (Å²) in [6.07, 6.45) is -0.811. The Morgan fingerprint density at radius 1 is 0.958 bits per heavy atom. The highest BCUT2D eigenvalue weighted by Crippen LogP contribution is 2.56. The molecule has 1 aliphatic carbocycles. The van der Waals surface area contributed by atoms with E-state index in [1.54, 1.807) is 28.2 Å². The molecule has 7 heteroatoms. The van der Waals surface area contributed by atoms with Gasteiger partial charge < -0.3 is 19.1 Å². The van der Waals surface area contributed by atoms with Gasteiger partial charge in [-0.25, -0.2) is 0 Å². The number of carbonyl (C=O) groups excluding carboxylic acids is 2. The average Bonchev–Trinajstić information content (AvgIpc) is 3.25. The summed E-state index contributed by atoms with van der Waals surface area (Å²) in [4.78, 5) is 27.6. The smallest absolute Gasteiger partial charge is 0.396 e. The lowest BCUT2D eigenvalue weighted by atomic mass is 9.80. The molecule has 1 aromatic carbocycles. The van der Waals surface area contributed by atoms with Crippen molar-refractivity contribution in [2.24, 2.45) is 0 Å². The number of amides is 2. The van der Waals surface area contributed by atoms with E-state index in [0.29, 0.717) is 5.92 Å². The number of hydrogen-bond acceptors (Lipinski definition) is 4. The Kier molecular flexibility index (Phi) is 4.65. The summed E-state index contributed by atoms with van der Waals surface area (Å²) >= 11 is 0. The predicted molar refractivity (Wildman–Crippen MR) is 90.4 cm³/mol. The lowest BCUT2D eigenvalue weighted by Crippen LogP contribution is -2.47. The lowest BCUT2D eigenvalue weighted by molar-refractivity contribution is -0.146. The maximum atomic E-state index is 12.4. The van der Waals surface area contributed by atoms with Crippen LogP contribution in [0.3, 0.4) is 0 Å². The molecule has 2 amide bonds. The number of benzene rings is 1. The van der Waals surface area contributed by atoms with Gasteiger partial charge in [-0.05, 0) is 17.9 Å². The van der Waals surface area contributed by atoms with Crippen LogP contribution in [0.15, 0.2) is 30.3 Å². The molecule has 24 heavy (non-hydrogen) atoms. The van der Waals surface area contributed by atoms with E-state index in [1.807, 2.05) is 18.2 Å². The number of nitrogens with zero attached hydrogens (tertiary/aromatic N) is 2. The topological polar surface area (TPSA) is 59.1 Å². The second kappa shape index (κ2) is 6.57. The summed E-state index contributed by atoms with van der Waals surface area (Å²) in [5.41, 5.74) is 1.24. The SMILES string of the molecule is CN(C)C(=O)[C@@H]1OB([C@H]2C[C@H]2c2ccccc2)O[C@H]1C(=O)N(C)C. The van der Waals surface area contributed by atoms with Gasteiger partial charge in [0.05, 0.1) is 0 Å². The van der Waals surface area contributed by atoms with Gasteiger partial charge in [-0.1, -0.05) is 30.3 Å². The summed E-state index contributed by atoms with van der Waals surface area (Å²) in [5, 5.41) is 0. The van der Waals surface area contributed by atoms with Crippen LogP contribution in [0, 0.1) is 0 Å². The van der Waals surface area contributed by atoms with Gasteiger partial charge in [0, 0.05) is 34.0 Å². The Bertz CT molecular complexity index is 594. The van der Waals surface area contributed by atoms with Crippen molar-refractivity contribution in [3.05, 3.63) is 35.9 Å². The highest BCUT2D eigenvalue weighted by atomic mass is 16.7. The molecule has 1 saturated carbocycles. The molecule has 1 aromatic rings. The van der Waals surface area contributed by atoms with E-state index in [2.05, 4.69) is 12.1 Å². The molecule has 0 radical (unpaired) electrons. The lowest BCUT2D eigenvalue weighted by Gasteiger charge is -2.22. The first-order chi connectivity index (χ1) is 11.4. The van der Waals surface area contributed by atoms with E-state index in [4.69, 9.17) is 9.31 Å². The van der Waals surface area contributed by atoms with Gasteiger partial charge in [0.15, 0.2) is 12.2 Å². The molecule has 2 aliphatic rings. The van der Waals surface area contributed by atoms with Crippen molar-refractivity contribution in [3.8, 4) is 0 Å². The molecule has 4 atom stereocenters. The van der Waals surface area contributed by atoms with Crippen LogP contribution in [-0.2, 0) is 18.9 Å². The van der Waals surface area contributed by atoms with Gasteiger partial charge in [-0.15, -0.1) is 0 Å². The minimum atomic E-state index is -0.878. The van der Waals surface area contributed by atoms with Crippen LogP contribution in [0.25, 0.3) is 0 Å². The van der Waals surface area contributed by atoms with E-state index in [-0.39, 0.29) is 17.6 Å². The molecule has 128 valence electrons. The highest BCUT2D eigenvalue weighted by Gasteiger charge is 2.58. The van der Waals surface area contributed by atoms with Crippen molar-refractivity contribution >= 4 is 18.9 Å². The Morgan fingerprint density at radius 2 is 1.46 bits per heavy atom. The normalized spacial score (nSPS) is 28.6. The fraction of sp³-hybridized carbons (Fsp3) is 0.529. The molecule has 0 spiro atoms. The first-order valence-electron chi connectivity index (χ1n) is 8.18. The van der Waals surface area contributed by atoms with E-state index in [0.717, 1.165) is 6.42 Å². The predicted octanol–water partition coefficient (Wildman–Crippen LogP) is 0.993. The largest absolute Gasteiger partial charge is 0.462 e. The summed E-state index contributed by atoms with van der Waals surface area (Å²) in [6.45, 7) is 0. The summed E-state index contributed by atoms with van der Waals surface area (Å²) in [5.74, 6) is 0.0635. The Balaban J connectivity index is 1.73. The number of carbonyl (C=O) groups is 2. The van der Waals surface area contributed by atoms with Crippen LogP contribution in [0.1, 0.15) is 17.9 Å². The molecular weight excluding hydrogens is 307 g/mol. The fourth-order valence-corrected chi connectivity index (χ4v) is 3.15. The minimum absolute atomic E-state index is 0.185. The molecule has 0 bridgehead atoms.